The van der Waals surface area contributed by atoms with Crippen molar-refractivity contribution in [1.29, 1.82) is 0 Å². The average Bonchev–Trinajstić information content (AvgIpc) is 2.51. The zero-order chi connectivity index (χ0) is 14.1. The largest absolute Gasteiger partial charge is 0.361 e. The van der Waals surface area contributed by atoms with E-state index in [1.165, 1.54) is 0 Å². The predicted molar refractivity (Wildman–Crippen MR) is 77.5 cm³/mol. The van der Waals surface area contributed by atoms with Crippen LogP contribution < -0.4 is 0 Å². The van der Waals surface area contributed by atoms with E-state index in [1.807, 2.05) is 0 Å². The van der Waals surface area contributed by atoms with Crippen molar-refractivity contribution in [2.75, 3.05) is 0 Å². The molecule has 0 amide bonds. The molecule has 0 N–H and O–H groups in total. The lowest BCUT2D eigenvalue weighted by molar-refractivity contribution is -0.122. The third-order valence-electron chi connectivity index (χ3n) is 3.53. The first kappa shape index (κ1) is 15.3. The van der Waals surface area contributed by atoms with E-state index in [1.54, 1.807) is 0 Å². The van der Waals surface area contributed by atoms with E-state index in [9.17, 15) is 4.79 Å². The van der Waals surface area contributed by atoms with Crippen LogP contribution in [0.2, 0.25) is 0 Å². The highest BCUT2D eigenvalue weighted by atomic mass is 16.1. The topological polar surface area (TPSA) is 20.3 Å². The minimum absolute atomic E-state index is 0.00156. The molecule has 0 aliphatic carbocycles. The molecule has 0 saturated carbocycles. The van der Waals surface area contributed by atoms with Gasteiger partial charge in [0.15, 0.2) is 5.78 Å². The van der Waals surface area contributed by atoms with Crippen LogP contribution in [0.1, 0.15) is 67.7 Å². The van der Waals surface area contributed by atoms with Gasteiger partial charge in [0.2, 0.25) is 0 Å². The maximum absolute atomic E-state index is 12.6. The Morgan fingerprint density at radius 2 is 1.72 bits per heavy atom. The van der Waals surface area contributed by atoms with Gasteiger partial charge in [-0.25, -0.2) is 0 Å². The van der Waals surface area contributed by atoms with E-state index in [2.05, 4.69) is 59.6 Å². The van der Waals surface area contributed by atoms with Crippen molar-refractivity contribution in [3.63, 3.8) is 0 Å². The molecule has 1 aliphatic heterocycles. The van der Waals surface area contributed by atoms with Gasteiger partial charge in [-0.05, 0) is 39.0 Å². The van der Waals surface area contributed by atoms with Crippen LogP contribution >= 0.6 is 0 Å². The van der Waals surface area contributed by atoms with Crippen LogP contribution in [0.4, 0.5) is 0 Å². The summed E-state index contributed by atoms with van der Waals surface area (Å²) in [6, 6.07) is -0.00986. The number of Topliss-reactive ketones (excluding diaryl/α,β-unsaturated/α-hetero) is 1. The second kappa shape index (κ2) is 5.07. The zero-order valence-corrected chi connectivity index (χ0v) is 13.1. The van der Waals surface area contributed by atoms with Crippen molar-refractivity contribution in [1.82, 2.24) is 4.90 Å². The summed E-state index contributed by atoms with van der Waals surface area (Å²) in [7, 11) is 0. The summed E-state index contributed by atoms with van der Waals surface area (Å²) in [6.07, 6.45) is 5.29. The molecule has 0 bridgehead atoms. The first-order valence-electron chi connectivity index (χ1n) is 7.12. The minimum Gasteiger partial charge on any atom is -0.361 e. The van der Waals surface area contributed by atoms with Crippen molar-refractivity contribution in [3.8, 4) is 0 Å². The number of ketones is 1. The summed E-state index contributed by atoms with van der Waals surface area (Å²) in [6.45, 7) is 15.2. The second-order valence-corrected chi connectivity index (χ2v) is 7.47. The highest BCUT2D eigenvalue weighted by Crippen LogP contribution is 2.37. The number of carbonyl (C=O) groups is 1. The van der Waals surface area contributed by atoms with Gasteiger partial charge in [0.05, 0.1) is 6.04 Å². The molecule has 0 aromatic carbocycles. The lowest BCUT2D eigenvalue weighted by Gasteiger charge is -2.42. The van der Waals surface area contributed by atoms with Gasteiger partial charge in [-0.3, -0.25) is 4.79 Å². The van der Waals surface area contributed by atoms with Crippen LogP contribution in [0.15, 0.2) is 11.8 Å². The number of hydrogen-bond acceptors (Lipinski definition) is 2. The number of hydrogen-bond donors (Lipinski definition) is 0. The first-order valence-corrected chi connectivity index (χ1v) is 7.12. The molecule has 1 heterocycles. The van der Waals surface area contributed by atoms with Crippen molar-refractivity contribution >= 4 is 5.78 Å². The summed E-state index contributed by atoms with van der Waals surface area (Å²) in [5, 5.41) is 0. The highest BCUT2D eigenvalue weighted by Gasteiger charge is 2.44. The summed E-state index contributed by atoms with van der Waals surface area (Å²) < 4.78 is 0. The zero-order valence-electron chi connectivity index (χ0n) is 13.1. The lowest BCUT2D eigenvalue weighted by Crippen LogP contribution is -2.51. The molecule has 0 aromatic heterocycles. The molecule has 18 heavy (non-hydrogen) atoms. The molecule has 1 aliphatic rings. The molecule has 104 valence electrons. The first-order chi connectivity index (χ1) is 8.09. The number of carbonyl (C=O) groups excluding carboxylic acids is 1. The normalized spacial score (nSPS) is 21.5. The molecular weight excluding hydrogens is 222 g/mol. The molecule has 2 heteroatoms. The Kier molecular flexibility index (Phi) is 4.30. The van der Waals surface area contributed by atoms with E-state index in [0.717, 1.165) is 24.8 Å². The molecule has 0 fully saturated rings. The Morgan fingerprint density at radius 3 is 2.06 bits per heavy atom. The summed E-state index contributed by atoms with van der Waals surface area (Å²) in [5.74, 6) is 0.339. The minimum atomic E-state index is -0.0190. The van der Waals surface area contributed by atoms with Crippen molar-refractivity contribution in [3.05, 3.63) is 11.8 Å². The lowest BCUT2D eigenvalue weighted by atomic mass is 9.81. The monoisotopic (exact) mass is 251 g/mol. The molecule has 0 spiro atoms. The molecule has 2 nitrogen and oxygen atoms in total. The molecule has 1 unspecified atom stereocenters. The van der Waals surface area contributed by atoms with E-state index in [-0.39, 0.29) is 17.0 Å². The van der Waals surface area contributed by atoms with E-state index in [4.69, 9.17) is 0 Å². The van der Waals surface area contributed by atoms with Gasteiger partial charge in [0.25, 0.3) is 0 Å². The third-order valence-corrected chi connectivity index (χ3v) is 3.53. The molecule has 0 saturated heterocycles. The van der Waals surface area contributed by atoms with Crippen LogP contribution in [-0.2, 0) is 4.79 Å². The smallest absolute Gasteiger partial charge is 0.183 e. The number of rotatable bonds is 3. The quantitative estimate of drug-likeness (QED) is 0.750. The fourth-order valence-electron chi connectivity index (χ4n) is 2.55. The summed E-state index contributed by atoms with van der Waals surface area (Å²) in [4.78, 5) is 14.9. The van der Waals surface area contributed by atoms with Gasteiger partial charge in [-0.15, -0.1) is 0 Å². The van der Waals surface area contributed by atoms with Gasteiger partial charge in [-0.1, -0.05) is 34.1 Å². The van der Waals surface area contributed by atoms with Gasteiger partial charge in [0.1, 0.15) is 0 Å². The average molecular weight is 251 g/mol. The Balaban J connectivity index is 3.03. The highest BCUT2D eigenvalue weighted by molar-refractivity contribution is 6.02. The van der Waals surface area contributed by atoms with Crippen LogP contribution in [0, 0.1) is 5.41 Å². The van der Waals surface area contributed by atoms with Crippen LogP contribution in [0.5, 0.6) is 0 Å². The second-order valence-electron chi connectivity index (χ2n) is 7.47. The standard InChI is InChI=1S/C16H29NO/c1-8-9-10-12-11-17(16(5,6)7)14(13(12)18)15(2,3)4/h11,14H,8-10H2,1-7H3. The molecule has 1 atom stereocenters. The Morgan fingerprint density at radius 1 is 1.17 bits per heavy atom. The van der Waals surface area contributed by atoms with E-state index < -0.39 is 0 Å². The SMILES string of the molecule is CCCCC1=CN(C(C)(C)C)C(C(C)(C)C)C1=O. The van der Waals surface area contributed by atoms with Crippen molar-refractivity contribution < 1.29 is 4.79 Å². The molecular formula is C16H29NO. The Bertz CT molecular complexity index is 341. The predicted octanol–water partition coefficient (Wildman–Crippen LogP) is 4.16. The van der Waals surface area contributed by atoms with Crippen LogP contribution in [0.3, 0.4) is 0 Å². The van der Waals surface area contributed by atoms with Crippen LogP contribution in [0.25, 0.3) is 0 Å². The van der Waals surface area contributed by atoms with Crippen LogP contribution in [-0.4, -0.2) is 22.3 Å². The molecule has 1 rings (SSSR count). The number of unbranched alkanes of at least 4 members (excludes halogenated alkanes) is 1. The Labute approximate surface area is 112 Å². The molecule has 0 radical (unpaired) electrons. The summed E-state index contributed by atoms with van der Waals surface area (Å²) in [5.41, 5.74) is 1.00. The van der Waals surface area contributed by atoms with E-state index in [0.29, 0.717) is 5.78 Å². The Hall–Kier alpha value is -0.790. The third kappa shape index (κ3) is 3.15. The van der Waals surface area contributed by atoms with Gasteiger partial charge >= 0.3 is 0 Å². The van der Waals surface area contributed by atoms with Gasteiger partial charge in [-0.2, -0.15) is 0 Å². The maximum atomic E-state index is 12.6. The van der Waals surface area contributed by atoms with E-state index >= 15 is 0 Å². The molecule has 0 aromatic rings. The maximum Gasteiger partial charge on any atom is 0.183 e. The number of nitrogens with zero attached hydrogens (tertiary/aromatic N) is 1. The van der Waals surface area contributed by atoms with Crippen molar-refractivity contribution in [2.24, 2.45) is 5.41 Å². The van der Waals surface area contributed by atoms with Gasteiger partial charge < -0.3 is 4.90 Å². The fraction of sp³-hybridized carbons (Fsp3) is 0.812. The van der Waals surface area contributed by atoms with Crippen molar-refractivity contribution in [2.45, 2.75) is 79.3 Å². The fourth-order valence-corrected chi connectivity index (χ4v) is 2.55. The summed E-state index contributed by atoms with van der Waals surface area (Å²) >= 11 is 0. The van der Waals surface area contributed by atoms with Gasteiger partial charge in [0, 0.05) is 17.3 Å².